The fourth-order valence-corrected chi connectivity index (χ4v) is 3.45. The number of carbonyl (C=O) groups is 1. The Labute approximate surface area is 139 Å². The number of β-amino-alcohol motifs (C(OH)–C–C–N with tert-alkyl or cyclic N) is 1. The van der Waals surface area contributed by atoms with Gasteiger partial charge >= 0.3 is 0 Å². The molecule has 2 saturated heterocycles. The summed E-state index contributed by atoms with van der Waals surface area (Å²) in [6.07, 6.45) is 0.622. The molecule has 2 heterocycles. The lowest BCUT2D eigenvalue weighted by molar-refractivity contribution is -0.135. The molecule has 0 radical (unpaired) electrons. The van der Waals surface area contributed by atoms with Crippen molar-refractivity contribution in [3.05, 3.63) is 0 Å². The summed E-state index contributed by atoms with van der Waals surface area (Å²) >= 11 is 0. The van der Waals surface area contributed by atoms with Crippen LogP contribution in [0.5, 0.6) is 0 Å². The van der Waals surface area contributed by atoms with Crippen LogP contribution in [0.25, 0.3) is 0 Å². The number of likely N-dealkylation sites (tertiary alicyclic amines) is 1. The molecule has 0 aliphatic carbocycles. The highest BCUT2D eigenvalue weighted by atomic mass is 16.3. The average Bonchev–Trinajstić information content (AvgIpc) is 2.52. The van der Waals surface area contributed by atoms with Gasteiger partial charge in [-0.3, -0.25) is 14.6 Å². The van der Waals surface area contributed by atoms with Crippen LogP contribution in [-0.2, 0) is 4.79 Å². The van der Waals surface area contributed by atoms with Crippen molar-refractivity contribution in [2.75, 3.05) is 45.8 Å². The molecule has 0 aromatic heterocycles. The molecule has 0 aromatic carbocycles. The summed E-state index contributed by atoms with van der Waals surface area (Å²) < 4.78 is 0. The van der Waals surface area contributed by atoms with Crippen LogP contribution in [0.1, 0.15) is 27.2 Å². The molecule has 2 aliphatic heterocycles. The Bertz CT molecular complexity index is 440. The molecular weight excluding hydrogens is 292 g/mol. The maximum Gasteiger partial charge on any atom is 0.236 e. The maximum absolute atomic E-state index is 12.5. The minimum absolute atomic E-state index is 0.0639. The Morgan fingerprint density at radius 1 is 1.26 bits per heavy atom. The summed E-state index contributed by atoms with van der Waals surface area (Å²) in [4.78, 5) is 18.6. The van der Waals surface area contributed by atoms with Gasteiger partial charge in [0.15, 0.2) is 0 Å². The van der Waals surface area contributed by atoms with E-state index in [1.165, 1.54) is 0 Å². The molecule has 0 spiro atoms. The van der Waals surface area contributed by atoms with E-state index in [-0.39, 0.29) is 18.1 Å². The number of rotatable bonds is 4. The third-order valence-electron chi connectivity index (χ3n) is 5.19. The van der Waals surface area contributed by atoms with Crippen molar-refractivity contribution in [1.29, 1.82) is 5.26 Å². The van der Waals surface area contributed by atoms with Crippen LogP contribution in [0, 0.1) is 23.2 Å². The topological polar surface area (TPSA) is 70.8 Å². The molecule has 3 atom stereocenters. The van der Waals surface area contributed by atoms with Gasteiger partial charge in [0, 0.05) is 32.7 Å². The lowest BCUT2D eigenvalue weighted by Crippen LogP contribution is -2.55. The van der Waals surface area contributed by atoms with Crippen LogP contribution in [0.2, 0.25) is 0 Å². The number of amides is 1. The normalized spacial score (nSPS) is 28.6. The predicted molar refractivity (Wildman–Crippen MR) is 88.6 cm³/mol. The molecule has 23 heavy (non-hydrogen) atoms. The van der Waals surface area contributed by atoms with E-state index in [0.717, 1.165) is 26.1 Å². The number of aliphatic hydroxyl groups excluding tert-OH is 1. The van der Waals surface area contributed by atoms with Crippen LogP contribution < -0.4 is 0 Å². The quantitative estimate of drug-likeness (QED) is 0.810. The highest BCUT2D eigenvalue weighted by molar-refractivity contribution is 5.78. The zero-order valence-electron chi connectivity index (χ0n) is 14.6. The van der Waals surface area contributed by atoms with Crippen molar-refractivity contribution in [2.45, 2.75) is 39.3 Å². The van der Waals surface area contributed by atoms with Gasteiger partial charge < -0.3 is 10.0 Å². The number of nitriles is 1. The number of aliphatic hydroxyl groups is 1. The van der Waals surface area contributed by atoms with E-state index in [1.807, 2.05) is 4.90 Å². The lowest BCUT2D eigenvalue weighted by Gasteiger charge is -2.39. The van der Waals surface area contributed by atoms with E-state index in [9.17, 15) is 15.2 Å². The molecule has 130 valence electrons. The summed E-state index contributed by atoms with van der Waals surface area (Å²) in [7, 11) is 0. The lowest BCUT2D eigenvalue weighted by atomic mass is 9.96. The van der Waals surface area contributed by atoms with Gasteiger partial charge in [-0.2, -0.15) is 5.26 Å². The van der Waals surface area contributed by atoms with Gasteiger partial charge in [0.1, 0.15) is 6.04 Å². The summed E-state index contributed by atoms with van der Waals surface area (Å²) in [5, 5.41) is 19.2. The Morgan fingerprint density at radius 3 is 2.43 bits per heavy atom. The van der Waals surface area contributed by atoms with Gasteiger partial charge in [-0.1, -0.05) is 20.8 Å². The predicted octanol–water partition coefficient (Wildman–Crippen LogP) is 0.381. The minimum Gasteiger partial charge on any atom is -0.392 e. The molecule has 0 aromatic rings. The smallest absolute Gasteiger partial charge is 0.236 e. The van der Waals surface area contributed by atoms with Gasteiger partial charge in [0.05, 0.1) is 18.7 Å². The number of carbonyl (C=O) groups excluding carboxylic acids is 1. The Hall–Kier alpha value is -1.16. The molecule has 2 rings (SSSR count). The standard InChI is InChI=1S/C17H30N4O2/c1-13(2)15(10-18)20-6-8-21(9-7-20)17(23)12-19-5-4-14(3)16(22)11-19/h13-16,22H,4-9,11-12H2,1-3H3. The Balaban J connectivity index is 1.79. The zero-order chi connectivity index (χ0) is 17.0. The molecule has 0 saturated carbocycles. The van der Waals surface area contributed by atoms with Crippen LogP contribution >= 0.6 is 0 Å². The fraction of sp³-hybridized carbons (Fsp3) is 0.882. The van der Waals surface area contributed by atoms with E-state index < -0.39 is 0 Å². The molecule has 6 heteroatoms. The van der Waals surface area contributed by atoms with Gasteiger partial charge in [-0.15, -0.1) is 0 Å². The fourth-order valence-electron chi connectivity index (χ4n) is 3.45. The number of hydrogen-bond donors (Lipinski definition) is 1. The van der Waals surface area contributed by atoms with E-state index in [0.29, 0.717) is 38.0 Å². The first-order valence-electron chi connectivity index (χ1n) is 8.74. The monoisotopic (exact) mass is 322 g/mol. The molecule has 6 nitrogen and oxygen atoms in total. The average molecular weight is 322 g/mol. The summed E-state index contributed by atoms with van der Waals surface area (Å²) in [6.45, 7) is 11.0. The van der Waals surface area contributed by atoms with Crippen molar-refractivity contribution in [2.24, 2.45) is 11.8 Å². The van der Waals surface area contributed by atoms with Crippen molar-refractivity contribution in [3.8, 4) is 6.07 Å². The van der Waals surface area contributed by atoms with Crippen LogP contribution in [0.15, 0.2) is 0 Å². The van der Waals surface area contributed by atoms with Crippen molar-refractivity contribution < 1.29 is 9.90 Å². The van der Waals surface area contributed by atoms with E-state index in [1.54, 1.807) is 0 Å². The van der Waals surface area contributed by atoms with E-state index in [4.69, 9.17) is 0 Å². The minimum atomic E-state index is -0.323. The Morgan fingerprint density at radius 2 is 1.91 bits per heavy atom. The largest absolute Gasteiger partial charge is 0.392 e. The first-order valence-corrected chi connectivity index (χ1v) is 8.74. The molecule has 1 N–H and O–H groups in total. The zero-order valence-corrected chi connectivity index (χ0v) is 14.6. The molecule has 1 amide bonds. The number of piperazine rings is 1. The summed E-state index contributed by atoms with van der Waals surface area (Å²) in [6, 6.07) is 2.31. The highest BCUT2D eigenvalue weighted by Crippen LogP contribution is 2.17. The van der Waals surface area contributed by atoms with Gasteiger partial charge in [-0.25, -0.2) is 0 Å². The number of piperidine rings is 1. The van der Waals surface area contributed by atoms with Crippen molar-refractivity contribution >= 4 is 5.91 Å². The third kappa shape index (κ3) is 4.66. The first kappa shape index (κ1) is 18.2. The molecule has 0 bridgehead atoms. The summed E-state index contributed by atoms with van der Waals surface area (Å²) in [5.74, 6) is 0.771. The van der Waals surface area contributed by atoms with E-state index in [2.05, 4.69) is 36.6 Å². The van der Waals surface area contributed by atoms with Gasteiger partial charge in [-0.05, 0) is 24.8 Å². The summed E-state index contributed by atoms with van der Waals surface area (Å²) in [5.41, 5.74) is 0. The second kappa shape index (κ2) is 8.09. The number of hydrogen-bond acceptors (Lipinski definition) is 5. The van der Waals surface area contributed by atoms with Crippen LogP contribution in [0.4, 0.5) is 0 Å². The van der Waals surface area contributed by atoms with Crippen molar-refractivity contribution in [3.63, 3.8) is 0 Å². The highest BCUT2D eigenvalue weighted by Gasteiger charge is 2.30. The molecule has 3 unspecified atom stereocenters. The third-order valence-corrected chi connectivity index (χ3v) is 5.19. The molecular formula is C17H30N4O2. The van der Waals surface area contributed by atoms with E-state index >= 15 is 0 Å². The second-order valence-electron chi connectivity index (χ2n) is 7.30. The van der Waals surface area contributed by atoms with Crippen molar-refractivity contribution in [1.82, 2.24) is 14.7 Å². The molecule has 2 aliphatic rings. The first-order chi connectivity index (χ1) is 10.9. The van der Waals surface area contributed by atoms with Gasteiger partial charge in [0.2, 0.25) is 5.91 Å². The molecule has 2 fully saturated rings. The number of nitrogens with zero attached hydrogens (tertiary/aromatic N) is 4. The van der Waals surface area contributed by atoms with Gasteiger partial charge in [0.25, 0.3) is 0 Å². The Kier molecular flexibility index (Phi) is 6.40. The maximum atomic E-state index is 12.5. The second-order valence-corrected chi connectivity index (χ2v) is 7.30. The van der Waals surface area contributed by atoms with Crippen LogP contribution in [0.3, 0.4) is 0 Å². The van der Waals surface area contributed by atoms with Crippen LogP contribution in [-0.4, -0.2) is 83.7 Å². The SMILES string of the molecule is CC(C)C(C#N)N1CCN(C(=O)CN2CCC(C)C(O)C2)CC1.